The maximum atomic E-state index is 12.6. The minimum absolute atomic E-state index is 0.0180. The van der Waals surface area contributed by atoms with Gasteiger partial charge < -0.3 is 4.90 Å². The first-order chi connectivity index (χ1) is 12.8. The Balaban J connectivity index is 1.55. The van der Waals surface area contributed by atoms with Crippen molar-refractivity contribution in [2.24, 2.45) is 0 Å². The van der Waals surface area contributed by atoms with E-state index in [1.807, 2.05) is 24.3 Å². The van der Waals surface area contributed by atoms with E-state index in [9.17, 15) is 14.9 Å². The number of halogens is 1. The van der Waals surface area contributed by atoms with Gasteiger partial charge in [0.2, 0.25) is 5.91 Å². The van der Waals surface area contributed by atoms with Crippen LogP contribution in [0.15, 0.2) is 24.3 Å². The highest BCUT2D eigenvalue weighted by Gasteiger charge is 2.26. The molecule has 0 bridgehead atoms. The van der Waals surface area contributed by atoms with Crippen LogP contribution in [0.3, 0.4) is 0 Å². The lowest BCUT2D eigenvalue weighted by Gasteiger charge is -2.34. The van der Waals surface area contributed by atoms with Gasteiger partial charge in [0.15, 0.2) is 0 Å². The number of amides is 1. The molecule has 1 aliphatic rings. The molecule has 1 aromatic heterocycles. The van der Waals surface area contributed by atoms with E-state index < -0.39 is 4.92 Å². The zero-order chi connectivity index (χ0) is 19.6. The molecule has 27 heavy (non-hydrogen) atoms. The van der Waals surface area contributed by atoms with Crippen LogP contribution in [0.5, 0.6) is 0 Å². The molecule has 2 heterocycles. The minimum atomic E-state index is -0.450. The lowest BCUT2D eigenvalue weighted by Crippen LogP contribution is -2.49. The first-order valence-corrected chi connectivity index (χ1v) is 9.16. The highest BCUT2D eigenvalue weighted by molar-refractivity contribution is 6.30. The van der Waals surface area contributed by atoms with Crippen LogP contribution in [0.2, 0.25) is 5.02 Å². The molecule has 0 unspecified atom stereocenters. The van der Waals surface area contributed by atoms with Gasteiger partial charge in [0.05, 0.1) is 4.92 Å². The number of hydrogen-bond donors (Lipinski definition) is 0. The van der Waals surface area contributed by atoms with Gasteiger partial charge in [-0.05, 0) is 31.5 Å². The molecule has 0 aliphatic carbocycles. The molecule has 1 fully saturated rings. The Bertz CT molecular complexity index is 841. The van der Waals surface area contributed by atoms with Gasteiger partial charge in [0.1, 0.15) is 17.9 Å². The second-order valence-electron chi connectivity index (χ2n) is 6.72. The van der Waals surface area contributed by atoms with E-state index in [-0.39, 0.29) is 18.1 Å². The van der Waals surface area contributed by atoms with Crippen LogP contribution in [-0.4, -0.2) is 56.6 Å². The van der Waals surface area contributed by atoms with Crippen LogP contribution in [0.4, 0.5) is 5.69 Å². The third-order valence-electron chi connectivity index (χ3n) is 4.86. The van der Waals surface area contributed by atoms with Crippen molar-refractivity contribution in [1.29, 1.82) is 0 Å². The summed E-state index contributed by atoms with van der Waals surface area (Å²) in [6, 6.07) is 7.78. The maximum absolute atomic E-state index is 12.6. The van der Waals surface area contributed by atoms with E-state index >= 15 is 0 Å². The molecule has 8 nitrogen and oxygen atoms in total. The zero-order valence-corrected chi connectivity index (χ0v) is 16.1. The summed E-state index contributed by atoms with van der Waals surface area (Å²) in [6.45, 7) is 6.89. The number of aryl methyl sites for hydroxylation is 1. The predicted octanol–water partition coefficient (Wildman–Crippen LogP) is 2.41. The number of nitrogens with zero attached hydrogens (tertiary/aromatic N) is 5. The highest BCUT2D eigenvalue weighted by Crippen LogP contribution is 2.22. The number of piperazine rings is 1. The summed E-state index contributed by atoms with van der Waals surface area (Å²) >= 11 is 5.91. The molecule has 0 saturated carbocycles. The fourth-order valence-corrected chi connectivity index (χ4v) is 3.46. The van der Waals surface area contributed by atoms with Gasteiger partial charge >= 0.3 is 5.69 Å². The molecule has 1 saturated heterocycles. The quantitative estimate of drug-likeness (QED) is 0.577. The number of rotatable bonds is 5. The van der Waals surface area contributed by atoms with Gasteiger partial charge in [0, 0.05) is 37.7 Å². The molecule has 144 valence electrons. The van der Waals surface area contributed by atoms with Gasteiger partial charge in [0.25, 0.3) is 0 Å². The highest BCUT2D eigenvalue weighted by atomic mass is 35.5. The van der Waals surface area contributed by atoms with Gasteiger partial charge in [-0.25, -0.2) is 0 Å². The van der Waals surface area contributed by atoms with Crippen molar-refractivity contribution in [3.63, 3.8) is 0 Å². The molecule has 9 heteroatoms. The molecule has 0 N–H and O–H groups in total. The first kappa shape index (κ1) is 19.3. The van der Waals surface area contributed by atoms with Crippen LogP contribution in [0, 0.1) is 24.0 Å². The lowest BCUT2D eigenvalue weighted by atomic mass is 10.2. The smallest absolute Gasteiger partial charge is 0.312 e. The van der Waals surface area contributed by atoms with Crippen molar-refractivity contribution in [2.45, 2.75) is 26.9 Å². The molecule has 1 aliphatic heterocycles. The van der Waals surface area contributed by atoms with Gasteiger partial charge in [-0.2, -0.15) is 5.10 Å². The molecule has 0 radical (unpaired) electrons. The van der Waals surface area contributed by atoms with Crippen molar-refractivity contribution < 1.29 is 9.72 Å². The van der Waals surface area contributed by atoms with Crippen molar-refractivity contribution in [1.82, 2.24) is 19.6 Å². The average Bonchev–Trinajstić information content (AvgIpc) is 2.91. The Hall–Kier alpha value is -2.45. The van der Waals surface area contributed by atoms with Crippen LogP contribution in [-0.2, 0) is 17.9 Å². The number of carbonyl (C=O) groups excluding carboxylic acids is 1. The van der Waals surface area contributed by atoms with E-state index in [4.69, 9.17) is 11.6 Å². The first-order valence-electron chi connectivity index (χ1n) is 8.78. The standard InChI is InChI=1S/C18H22ClN5O3/c1-13-18(24(26)27)14(2)23(20-13)12-17(25)22-9-7-21(8-10-22)11-15-3-5-16(19)6-4-15/h3-6H,7-12H2,1-2H3. The second kappa shape index (κ2) is 8.06. The number of hydrogen-bond acceptors (Lipinski definition) is 5. The second-order valence-corrected chi connectivity index (χ2v) is 7.15. The molecule has 1 amide bonds. The predicted molar refractivity (Wildman–Crippen MR) is 102 cm³/mol. The largest absolute Gasteiger partial charge is 0.339 e. The van der Waals surface area contributed by atoms with Crippen molar-refractivity contribution >= 4 is 23.2 Å². The summed E-state index contributed by atoms with van der Waals surface area (Å²) in [5.41, 5.74) is 1.91. The Labute approximate surface area is 162 Å². The van der Waals surface area contributed by atoms with Crippen molar-refractivity contribution in [3.8, 4) is 0 Å². The minimum Gasteiger partial charge on any atom is -0.339 e. The van der Waals surface area contributed by atoms with E-state index in [0.29, 0.717) is 24.5 Å². The van der Waals surface area contributed by atoms with Gasteiger partial charge in [-0.1, -0.05) is 23.7 Å². The molecule has 3 rings (SSSR count). The molecule has 0 atom stereocenters. The fraction of sp³-hybridized carbons (Fsp3) is 0.444. The SMILES string of the molecule is Cc1nn(CC(=O)N2CCN(Cc3ccc(Cl)cc3)CC2)c(C)c1[N+](=O)[O-]. The van der Waals surface area contributed by atoms with Crippen LogP contribution in [0.25, 0.3) is 0 Å². The topological polar surface area (TPSA) is 84.5 Å². The summed E-state index contributed by atoms with van der Waals surface area (Å²) < 4.78 is 1.43. The molecule has 0 spiro atoms. The monoisotopic (exact) mass is 391 g/mol. The van der Waals surface area contributed by atoms with E-state index in [2.05, 4.69) is 10.00 Å². The third-order valence-corrected chi connectivity index (χ3v) is 5.11. The number of nitro groups is 1. The van der Waals surface area contributed by atoms with Crippen LogP contribution >= 0.6 is 11.6 Å². The zero-order valence-electron chi connectivity index (χ0n) is 15.4. The Morgan fingerprint density at radius 2 is 1.81 bits per heavy atom. The van der Waals surface area contributed by atoms with Gasteiger partial charge in [-0.15, -0.1) is 0 Å². The van der Waals surface area contributed by atoms with E-state index in [1.54, 1.807) is 18.7 Å². The Morgan fingerprint density at radius 1 is 1.19 bits per heavy atom. The van der Waals surface area contributed by atoms with Gasteiger partial charge in [-0.3, -0.25) is 24.5 Å². The summed E-state index contributed by atoms with van der Waals surface area (Å²) in [6.07, 6.45) is 0. The Kier molecular flexibility index (Phi) is 5.76. The summed E-state index contributed by atoms with van der Waals surface area (Å²) in [5.74, 6) is -0.0679. The van der Waals surface area contributed by atoms with Crippen molar-refractivity contribution in [2.75, 3.05) is 26.2 Å². The fourth-order valence-electron chi connectivity index (χ4n) is 3.34. The summed E-state index contributed by atoms with van der Waals surface area (Å²) in [5, 5.41) is 16.0. The molecular weight excluding hydrogens is 370 g/mol. The van der Waals surface area contributed by atoms with Crippen LogP contribution < -0.4 is 0 Å². The lowest BCUT2D eigenvalue weighted by molar-refractivity contribution is -0.386. The van der Waals surface area contributed by atoms with E-state index in [1.165, 1.54) is 10.2 Å². The average molecular weight is 392 g/mol. The number of benzene rings is 1. The number of carbonyl (C=O) groups is 1. The maximum Gasteiger partial charge on any atom is 0.312 e. The van der Waals surface area contributed by atoms with Crippen LogP contribution in [0.1, 0.15) is 17.0 Å². The number of aromatic nitrogens is 2. The van der Waals surface area contributed by atoms with E-state index in [0.717, 1.165) is 24.7 Å². The third kappa shape index (κ3) is 4.45. The normalized spacial score (nSPS) is 15.1. The molecule has 1 aromatic carbocycles. The summed E-state index contributed by atoms with van der Waals surface area (Å²) in [7, 11) is 0. The summed E-state index contributed by atoms with van der Waals surface area (Å²) in [4.78, 5) is 27.3. The Morgan fingerprint density at radius 3 is 2.37 bits per heavy atom. The molecular formula is C18H22ClN5O3. The van der Waals surface area contributed by atoms with Crippen molar-refractivity contribution in [3.05, 3.63) is 56.4 Å². The molecule has 2 aromatic rings.